The van der Waals surface area contributed by atoms with Gasteiger partial charge in [-0.25, -0.2) is 9.18 Å². The van der Waals surface area contributed by atoms with E-state index in [0.29, 0.717) is 38.1 Å². The SMILES string of the molecule is CCOC(=O)C1CCN(C(=O)C(C)OC(=O)/C=C/c2cccc(F)c2)CC1. The van der Waals surface area contributed by atoms with Gasteiger partial charge in [0.2, 0.25) is 0 Å². The van der Waals surface area contributed by atoms with Gasteiger partial charge in [-0.3, -0.25) is 9.59 Å². The molecule has 0 saturated carbocycles. The zero-order chi connectivity index (χ0) is 19.8. The maximum atomic E-state index is 13.1. The number of ether oxygens (including phenoxy) is 2. The lowest BCUT2D eigenvalue weighted by Crippen LogP contribution is -2.45. The lowest BCUT2D eigenvalue weighted by atomic mass is 9.97. The number of amides is 1. The molecule has 6 nitrogen and oxygen atoms in total. The van der Waals surface area contributed by atoms with Crippen LogP contribution >= 0.6 is 0 Å². The van der Waals surface area contributed by atoms with Crippen LogP contribution in [-0.2, 0) is 23.9 Å². The van der Waals surface area contributed by atoms with E-state index in [1.807, 2.05) is 0 Å². The second-order valence-electron chi connectivity index (χ2n) is 6.32. The number of esters is 2. The van der Waals surface area contributed by atoms with E-state index in [-0.39, 0.29) is 17.8 Å². The van der Waals surface area contributed by atoms with Crippen LogP contribution in [0.2, 0.25) is 0 Å². The van der Waals surface area contributed by atoms with Crippen LogP contribution in [0.4, 0.5) is 4.39 Å². The van der Waals surface area contributed by atoms with Crippen molar-refractivity contribution in [3.63, 3.8) is 0 Å². The highest BCUT2D eigenvalue weighted by Crippen LogP contribution is 2.19. The molecule has 1 aliphatic heterocycles. The topological polar surface area (TPSA) is 72.9 Å². The summed E-state index contributed by atoms with van der Waals surface area (Å²) < 4.78 is 23.2. The van der Waals surface area contributed by atoms with Gasteiger partial charge in [-0.05, 0) is 50.5 Å². The number of carbonyl (C=O) groups excluding carboxylic acids is 3. The molecule has 1 amide bonds. The molecule has 1 fully saturated rings. The first-order valence-corrected chi connectivity index (χ1v) is 9.00. The largest absolute Gasteiger partial charge is 0.466 e. The minimum atomic E-state index is -0.936. The zero-order valence-electron chi connectivity index (χ0n) is 15.5. The van der Waals surface area contributed by atoms with E-state index in [1.165, 1.54) is 31.2 Å². The van der Waals surface area contributed by atoms with Crippen LogP contribution in [0.1, 0.15) is 32.3 Å². The molecule has 1 aliphatic rings. The van der Waals surface area contributed by atoms with Gasteiger partial charge in [-0.15, -0.1) is 0 Å². The molecule has 1 unspecified atom stereocenters. The van der Waals surface area contributed by atoms with Gasteiger partial charge < -0.3 is 14.4 Å². The van der Waals surface area contributed by atoms with E-state index in [9.17, 15) is 18.8 Å². The van der Waals surface area contributed by atoms with E-state index in [1.54, 1.807) is 17.9 Å². The van der Waals surface area contributed by atoms with E-state index in [4.69, 9.17) is 9.47 Å². The van der Waals surface area contributed by atoms with E-state index < -0.39 is 17.9 Å². The molecule has 27 heavy (non-hydrogen) atoms. The second-order valence-corrected chi connectivity index (χ2v) is 6.32. The van der Waals surface area contributed by atoms with Crippen molar-refractivity contribution in [2.24, 2.45) is 5.92 Å². The Bertz CT molecular complexity index is 710. The van der Waals surface area contributed by atoms with Gasteiger partial charge in [0.1, 0.15) is 5.82 Å². The summed E-state index contributed by atoms with van der Waals surface area (Å²) in [5.41, 5.74) is 0.520. The molecule has 0 aromatic heterocycles. The third-order valence-corrected chi connectivity index (χ3v) is 4.33. The fourth-order valence-corrected chi connectivity index (χ4v) is 2.89. The molecule has 1 aromatic carbocycles. The first-order chi connectivity index (χ1) is 12.9. The highest BCUT2D eigenvalue weighted by atomic mass is 19.1. The van der Waals surface area contributed by atoms with E-state index in [2.05, 4.69) is 0 Å². The highest BCUT2D eigenvalue weighted by Gasteiger charge is 2.31. The number of hydrogen-bond acceptors (Lipinski definition) is 5. The predicted octanol–water partition coefficient (Wildman–Crippen LogP) is 2.57. The Kier molecular flexibility index (Phi) is 7.52. The van der Waals surface area contributed by atoms with Crippen LogP contribution < -0.4 is 0 Å². The second kappa shape index (κ2) is 9.85. The number of rotatable bonds is 6. The van der Waals surface area contributed by atoms with Gasteiger partial charge in [0, 0.05) is 19.2 Å². The van der Waals surface area contributed by atoms with Crippen LogP contribution in [0.5, 0.6) is 0 Å². The molecule has 0 radical (unpaired) electrons. The van der Waals surface area contributed by atoms with Crippen LogP contribution in [0.25, 0.3) is 6.08 Å². The van der Waals surface area contributed by atoms with Gasteiger partial charge in [0.15, 0.2) is 6.10 Å². The summed E-state index contributed by atoms with van der Waals surface area (Å²) in [4.78, 5) is 37.6. The van der Waals surface area contributed by atoms with Gasteiger partial charge >= 0.3 is 11.9 Å². The molecule has 1 saturated heterocycles. The van der Waals surface area contributed by atoms with Crippen molar-refractivity contribution in [1.82, 2.24) is 4.90 Å². The average Bonchev–Trinajstić information content (AvgIpc) is 2.66. The summed E-state index contributed by atoms with van der Waals surface area (Å²) in [7, 11) is 0. The Morgan fingerprint density at radius 1 is 1.30 bits per heavy atom. The molecule has 146 valence electrons. The minimum Gasteiger partial charge on any atom is -0.466 e. The van der Waals surface area contributed by atoms with E-state index >= 15 is 0 Å². The maximum absolute atomic E-state index is 13.1. The Morgan fingerprint density at radius 3 is 2.63 bits per heavy atom. The summed E-state index contributed by atoms with van der Waals surface area (Å²) in [5.74, 6) is -1.81. The molecule has 1 atom stereocenters. The smallest absolute Gasteiger partial charge is 0.331 e. The van der Waals surface area contributed by atoms with Crippen molar-refractivity contribution in [2.75, 3.05) is 19.7 Å². The van der Waals surface area contributed by atoms with Crippen LogP contribution in [-0.4, -0.2) is 48.5 Å². The number of likely N-dealkylation sites (tertiary alicyclic amines) is 1. The summed E-state index contributed by atoms with van der Waals surface area (Å²) >= 11 is 0. The molecule has 7 heteroatoms. The minimum absolute atomic E-state index is 0.193. The van der Waals surface area contributed by atoms with Crippen LogP contribution in [0.3, 0.4) is 0 Å². The Labute approximate surface area is 157 Å². The third-order valence-electron chi connectivity index (χ3n) is 4.33. The molecule has 0 bridgehead atoms. The summed E-state index contributed by atoms with van der Waals surface area (Å²) in [6, 6.07) is 5.77. The van der Waals surface area contributed by atoms with Crippen LogP contribution in [0.15, 0.2) is 30.3 Å². The van der Waals surface area contributed by atoms with Gasteiger partial charge in [-0.2, -0.15) is 0 Å². The third kappa shape index (κ3) is 6.20. The lowest BCUT2D eigenvalue weighted by molar-refractivity contribution is -0.157. The average molecular weight is 377 g/mol. The summed E-state index contributed by atoms with van der Waals surface area (Å²) in [5, 5.41) is 0. The van der Waals surface area contributed by atoms with Crippen molar-refractivity contribution in [2.45, 2.75) is 32.8 Å². The normalized spacial score (nSPS) is 16.2. The van der Waals surface area contributed by atoms with E-state index in [0.717, 1.165) is 6.08 Å². The number of piperidine rings is 1. The molecule has 0 spiro atoms. The number of carbonyl (C=O) groups is 3. The van der Waals surface area contributed by atoms with Crippen molar-refractivity contribution in [3.05, 3.63) is 41.7 Å². The Hall–Kier alpha value is -2.70. The molecule has 1 heterocycles. The maximum Gasteiger partial charge on any atom is 0.331 e. The number of hydrogen-bond donors (Lipinski definition) is 0. The van der Waals surface area contributed by atoms with Crippen molar-refractivity contribution < 1.29 is 28.2 Å². The van der Waals surface area contributed by atoms with Gasteiger partial charge in [0.25, 0.3) is 5.91 Å². The molecular weight excluding hydrogens is 353 g/mol. The first kappa shape index (κ1) is 20.6. The Balaban J connectivity index is 1.81. The molecule has 0 aliphatic carbocycles. The highest BCUT2D eigenvalue weighted by molar-refractivity contribution is 5.90. The molecule has 2 rings (SSSR count). The molecule has 0 N–H and O–H groups in total. The quantitative estimate of drug-likeness (QED) is 0.563. The van der Waals surface area contributed by atoms with Crippen molar-refractivity contribution in [3.8, 4) is 0 Å². The van der Waals surface area contributed by atoms with Crippen molar-refractivity contribution in [1.29, 1.82) is 0 Å². The Morgan fingerprint density at radius 2 is 2.00 bits per heavy atom. The fraction of sp³-hybridized carbons (Fsp3) is 0.450. The number of nitrogens with zero attached hydrogens (tertiary/aromatic N) is 1. The van der Waals surface area contributed by atoms with Crippen LogP contribution in [0, 0.1) is 11.7 Å². The molecule has 1 aromatic rings. The predicted molar refractivity (Wildman–Crippen MR) is 96.9 cm³/mol. The standard InChI is InChI=1S/C20H24FNO5/c1-3-26-20(25)16-9-11-22(12-10-16)19(24)14(2)27-18(23)8-7-15-5-4-6-17(21)13-15/h4-8,13-14,16H,3,9-12H2,1-2H3/b8-7+. The first-order valence-electron chi connectivity index (χ1n) is 9.00. The molecular formula is C20H24FNO5. The van der Waals surface area contributed by atoms with Crippen molar-refractivity contribution >= 4 is 23.9 Å². The lowest BCUT2D eigenvalue weighted by Gasteiger charge is -2.32. The van der Waals surface area contributed by atoms with Gasteiger partial charge in [-0.1, -0.05) is 12.1 Å². The van der Waals surface area contributed by atoms with Gasteiger partial charge in [0.05, 0.1) is 12.5 Å². The fourth-order valence-electron chi connectivity index (χ4n) is 2.89. The number of benzene rings is 1. The summed E-state index contributed by atoms with van der Waals surface area (Å²) in [6.45, 7) is 4.45. The summed E-state index contributed by atoms with van der Waals surface area (Å²) in [6.07, 6.45) is 2.71. The zero-order valence-corrected chi connectivity index (χ0v) is 15.5. The number of halogens is 1. The monoisotopic (exact) mass is 377 g/mol.